The topological polar surface area (TPSA) is 86.6 Å². The number of pyridine rings is 1. The lowest BCUT2D eigenvalue weighted by Gasteiger charge is -2.48. The number of halogens is 3. The number of hydrogen-bond donors (Lipinski definition) is 1. The molecule has 1 spiro atoms. The maximum Gasteiger partial charge on any atom is 0.251 e. The minimum Gasteiger partial charge on any atom is -0.355 e. The van der Waals surface area contributed by atoms with Crippen LogP contribution in [0.5, 0.6) is 0 Å². The number of likely N-dealkylation sites (tertiary alicyclic amines) is 2. The summed E-state index contributed by atoms with van der Waals surface area (Å²) in [7, 11) is 1.56. The van der Waals surface area contributed by atoms with Crippen LogP contribution in [0.1, 0.15) is 97.6 Å². The molecule has 1 saturated carbocycles. The van der Waals surface area contributed by atoms with Crippen molar-refractivity contribution in [2.45, 2.75) is 102 Å². The van der Waals surface area contributed by atoms with Crippen LogP contribution in [0.25, 0.3) is 22.3 Å². The summed E-state index contributed by atoms with van der Waals surface area (Å²) in [5.41, 5.74) is 6.10. The zero-order valence-corrected chi connectivity index (χ0v) is 31.7. The Morgan fingerprint density at radius 2 is 1.74 bits per heavy atom. The van der Waals surface area contributed by atoms with Gasteiger partial charge in [-0.3, -0.25) is 19.5 Å². The number of hydrogen-bond acceptors (Lipinski definition) is 6. The number of rotatable bonds is 9. The number of nitrogens with one attached hydrogen (secondary N) is 1. The first-order valence-corrected chi connectivity index (χ1v) is 19.6. The Kier molecular flexibility index (Phi) is 9.79. The van der Waals surface area contributed by atoms with Crippen molar-refractivity contribution >= 4 is 28.5 Å². The average molecular weight is 742 g/mol. The molecule has 2 aromatic carbocycles. The van der Waals surface area contributed by atoms with Crippen molar-refractivity contribution in [3.8, 4) is 11.3 Å². The summed E-state index contributed by atoms with van der Waals surface area (Å²) >= 11 is 0. The molecule has 3 aliphatic heterocycles. The first-order valence-electron chi connectivity index (χ1n) is 19.6. The first-order chi connectivity index (χ1) is 26.0. The molecule has 0 radical (unpaired) electrons. The highest BCUT2D eigenvalue weighted by Crippen LogP contribution is 2.52. The van der Waals surface area contributed by atoms with Crippen molar-refractivity contribution in [3.63, 3.8) is 0 Å². The largest absolute Gasteiger partial charge is 0.355 e. The Morgan fingerprint density at radius 3 is 2.43 bits per heavy atom. The number of carbonyl (C=O) groups is 2. The zero-order valence-electron chi connectivity index (χ0n) is 31.7. The summed E-state index contributed by atoms with van der Waals surface area (Å²) in [6, 6.07) is 11.7. The molecule has 2 saturated heterocycles. The smallest absolute Gasteiger partial charge is 0.251 e. The minimum absolute atomic E-state index is 0.0728. The maximum absolute atomic E-state index is 15.6. The third-order valence-corrected chi connectivity index (χ3v) is 12.6. The van der Waals surface area contributed by atoms with Crippen molar-refractivity contribution in [3.05, 3.63) is 76.5 Å². The van der Waals surface area contributed by atoms with Crippen molar-refractivity contribution in [1.29, 1.82) is 0 Å². The molecule has 3 fully saturated rings. The van der Waals surface area contributed by atoms with E-state index in [1.807, 2.05) is 21.6 Å². The molecule has 286 valence electrons. The summed E-state index contributed by atoms with van der Waals surface area (Å²) in [5, 5.41) is 2.65. The van der Waals surface area contributed by atoms with Crippen LogP contribution in [0.3, 0.4) is 0 Å². The number of amides is 2. The molecule has 0 bridgehead atoms. The standard InChI is InChI=1S/C42H50F3N7O2/c1-25(2)51-24-47-35-22-34(48-36(39(35)51)18-28-17-31(40(53)46-4)26(3)16-33(28)43)27-8-9-32-37(19-27)52(30-20-29(21-30)50-12-6-5-7-13-50)41(54)42(32)10-14-49(15-11-42)23-38(44)45/h8-9,16-17,19,22,24-25,29-30,38H,5-7,10-15,18,20-21,23H2,1-4H3,(H,46,53)/t29-,30+. The fraction of sp³-hybridized carbons (Fsp3) is 0.524. The van der Waals surface area contributed by atoms with Crippen LogP contribution >= 0.6 is 0 Å². The van der Waals surface area contributed by atoms with Crippen LogP contribution in [0.2, 0.25) is 0 Å². The highest BCUT2D eigenvalue weighted by molar-refractivity contribution is 6.09. The van der Waals surface area contributed by atoms with Crippen LogP contribution in [-0.4, -0.2) is 94.4 Å². The Morgan fingerprint density at radius 1 is 1.00 bits per heavy atom. The van der Waals surface area contributed by atoms with Gasteiger partial charge < -0.3 is 19.7 Å². The summed E-state index contributed by atoms with van der Waals surface area (Å²) in [6.07, 6.45) is 6.08. The molecule has 8 rings (SSSR count). The first kappa shape index (κ1) is 36.7. The second-order valence-electron chi connectivity index (χ2n) is 16.1. The summed E-state index contributed by atoms with van der Waals surface area (Å²) in [4.78, 5) is 43.8. The van der Waals surface area contributed by atoms with E-state index in [1.165, 1.54) is 25.3 Å². The van der Waals surface area contributed by atoms with Gasteiger partial charge in [0.1, 0.15) is 5.82 Å². The van der Waals surface area contributed by atoms with Crippen LogP contribution in [0, 0.1) is 12.7 Å². The molecular weight excluding hydrogens is 692 g/mol. The van der Waals surface area contributed by atoms with E-state index in [9.17, 15) is 18.4 Å². The SMILES string of the molecule is CNC(=O)c1cc(Cc2nc(-c3ccc4c(c3)N([C@H]3C[C@@H](N5CCCCC5)C3)C(=O)C43CCN(CC(F)F)CC3)cc3ncn(C(C)C)c23)c(F)cc1C. The molecular formula is C42H50F3N7O2. The zero-order chi connectivity index (χ0) is 37.9. The van der Waals surface area contributed by atoms with Crippen LogP contribution < -0.4 is 10.2 Å². The van der Waals surface area contributed by atoms with Gasteiger partial charge in [0.05, 0.1) is 40.7 Å². The van der Waals surface area contributed by atoms with E-state index < -0.39 is 17.7 Å². The number of aryl methyl sites for hydroxylation is 1. The number of fused-ring (bicyclic) bond motifs is 3. The average Bonchev–Trinajstić information content (AvgIpc) is 3.67. The van der Waals surface area contributed by atoms with Crippen molar-refractivity contribution in [2.75, 3.05) is 44.7 Å². The Labute approximate surface area is 314 Å². The van der Waals surface area contributed by atoms with Gasteiger partial charge in [0, 0.05) is 48.4 Å². The molecule has 1 N–H and O–H groups in total. The quantitative estimate of drug-likeness (QED) is 0.198. The van der Waals surface area contributed by atoms with Gasteiger partial charge in [0.2, 0.25) is 5.91 Å². The van der Waals surface area contributed by atoms with Crippen LogP contribution in [0.4, 0.5) is 18.9 Å². The van der Waals surface area contributed by atoms with Gasteiger partial charge in [-0.1, -0.05) is 18.6 Å². The summed E-state index contributed by atoms with van der Waals surface area (Å²) < 4.78 is 44.3. The fourth-order valence-corrected chi connectivity index (χ4v) is 9.47. The summed E-state index contributed by atoms with van der Waals surface area (Å²) in [5.74, 6) is -0.595. The molecule has 4 aromatic rings. The molecule has 54 heavy (non-hydrogen) atoms. The van der Waals surface area contributed by atoms with Gasteiger partial charge in [0.15, 0.2) is 0 Å². The summed E-state index contributed by atoms with van der Waals surface area (Å²) in [6.45, 7) is 8.68. The second-order valence-corrected chi connectivity index (χ2v) is 16.1. The van der Waals surface area contributed by atoms with Crippen LogP contribution in [0.15, 0.2) is 42.7 Å². The minimum atomic E-state index is -2.41. The number of carbonyl (C=O) groups excluding carboxylic acids is 2. The Balaban J connectivity index is 1.19. The van der Waals surface area contributed by atoms with Gasteiger partial charge in [-0.05, 0) is 126 Å². The van der Waals surface area contributed by atoms with E-state index in [4.69, 9.17) is 9.97 Å². The predicted molar refractivity (Wildman–Crippen MR) is 204 cm³/mol. The molecule has 1 aliphatic carbocycles. The number of imidazole rings is 1. The predicted octanol–water partition coefficient (Wildman–Crippen LogP) is 7.04. The van der Waals surface area contributed by atoms with Crippen molar-refractivity contribution in [2.24, 2.45) is 0 Å². The number of piperidine rings is 2. The lowest BCUT2D eigenvalue weighted by molar-refractivity contribution is -0.126. The van der Waals surface area contributed by atoms with E-state index >= 15 is 4.39 Å². The number of alkyl halides is 2. The van der Waals surface area contributed by atoms with E-state index in [2.05, 4.69) is 36.2 Å². The maximum atomic E-state index is 15.6. The van der Waals surface area contributed by atoms with Crippen molar-refractivity contribution in [1.82, 2.24) is 29.7 Å². The van der Waals surface area contributed by atoms with E-state index in [0.717, 1.165) is 53.8 Å². The number of aromatic nitrogens is 3. The van der Waals surface area contributed by atoms with E-state index in [0.29, 0.717) is 60.1 Å². The lowest BCUT2D eigenvalue weighted by atomic mass is 9.73. The third-order valence-electron chi connectivity index (χ3n) is 12.6. The molecule has 4 aliphatic rings. The third kappa shape index (κ3) is 6.38. The monoisotopic (exact) mass is 741 g/mol. The van der Waals surface area contributed by atoms with Gasteiger partial charge in [0.25, 0.3) is 12.3 Å². The van der Waals surface area contributed by atoms with Crippen molar-refractivity contribution < 1.29 is 22.8 Å². The number of benzene rings is 2. The Hall–Kier alpha value is -4.29. The molecule has 0 atom stereocenters. The molecule has 2 aromatic heterocycles. The fourth-order valence-electron chi connectivity index (χ4n) is 9.47. The second kappa shape index (κ2) is 14.4. The highest BCUT2D eigenvalue weighted by Gasteiger charge is 2.55. The number of nitrogens with zero attached hydrogens (tertiary/aromatic N) is 6. The molecule has 0 unspecified atom stereocenters. The van der Waals surface area contributed by atoms with E-state index in [1.54, 1.807) is 31.3 Å². The number of anilines is 1. The van der Waals surface area contributed by atoms with Gasteiger partial charge >= 0.3 is 0 Å². The van der Waals surface area contributed by atoms with Gasteiger partial charge in [-0.25, -0.2) is 18.2 Å². The lowest BCUT2D eigenvalue weighted by Crippen LogP contribution is -2.58. The molecule has 12 heteroatoms. The molecule has 2 amide bonds. The van der Waals surface area contributed by atoms with Crippen LogP contribution in [-0.2, 0) is 16.6 Å². The van der Waals surface area contributed by atoms with Gasteiger partial charge in [-0.15, -0.1) is 0 Å². The molecule has 5 heterocycles. The normalized spacial score (nSPS) is 21.7. The highest BCUT2D eigenvalue weighted by atomic mass is 19.3. The van der Waals surface area contributed by atoms with E-state index in [-0.39, 0.29) is 36.9 Å². The van der Waals surface area contributed by atoms with Gasteiger partial charge in [-0.2, -0.15) is 0 Å². The Bertz CT molecular complexity index is 2080. The molecule has 9 nitrogen and oxygen atoms in total.